The first-order chi connectivity index (χ1) is 8.06. The van der Waals surface area contributed by atoms with Gasteiger partial charge in [-0.1, -0.05) is 6.07 Å². The number of nitrogens with one attached hydrogen (secondary N) is 1. The second kappa shape index (κ2) is 5.20. The van der Waals surface area contributed by atoms with Gasteiger partial charge in [0, 0.05) is 9.37 Å². The standard InChI is InChI=1S/C11H12BrN3OS/c1-6(16)8-3-4-10(9(12)5-8)17-11-13-7(2)14-15-11/h3-6,16H,1-2H3,(H,13,14,15). The summed E-state index contributed by atoms with van der Waals surface area (Å²) in [6.07, 6.45) is -0.462. The molecule has 1 aromatic carbocycles. The topological polar surface area (TPSA) is 61.8 Å². The molecule has 1 unspecified atom stereocenters. The Morgan fingerprint density at radius 2 is 2.24 bits per heavy atom. The maximum atomic E-state index is 9.47. The van der Waals surface area contributed by atoms with Crippen molar-refractivity contribution in [2.24, 2.45) is 0 Å². The fraction of sp³-hybridized carbons (Fsp3) is 0.273. The van der Waals surface area contributed by atoms with Crippen LogP contribution in [0, 0.1) is 6.92 Å². The first kappa shape index (κ1) is 12.6. The molecule has 1 heterocycles. The van der Waals surface area contributed by atoms with Gasteiger partial charge in [0.1, 0.15) is 5.82 Å². The molecule has 0 saturated carbocycles. The zero-order valence-corrected chi connectivity index (χ0v) is 11.8. The number of aryl methyl sites for hydroxylation is 1. The van der Waals surface area contributed by atoms with Gasteiger partial charge in [0.05, 0.1) is 6.10 Å². The van der Waals surface area contributed by atoms with E-state index in [1.807, 2.05) is 25.1 Å². The van der Waals surface area contributed by atoms with E-state index in [0.717, 1.165) is 20.8 Å². The summed E-state index contributed by atoms with van der Waals surface area (Å²) in [6.45, 7) is 3.61. The lowest BCUT2D eigenvalue weighted by atomic mass is 10.1. The number of aliphatic hydroxyl groups is 1. The molecule has 1 aromatic heterocycles. The monoisotopic (exact) mass is 313 g/mol. The quantitative estimate of drug-likeness (QED) is 0.914. The van der Waals surface area contributed by atoms with E-state index in [0.29, 0.717) is 5.16 Å². The number of rotatable bonds is 3. The molecule has 17 heavy (non-hydrogen) atoms. The largest absolute Gasteiger partial charge is 0.389 e. The summed E-state index contributed by atoms with van der Waals surface area (Å²) in [5.41, 5.74) is 0.882. The molecule has 0 aliphatic rings. The second-order valence-electron chi connectivity index (χ2n) is 3.67. The minimum absolute atomic E-state index is 0.462. The maximum Gasteiger partial charge on any atom is 0.213 e. The van der Waals surface area contributed by atoms with Crippen LogP contribution >= 0.6 is 27.7 Å². The summed E-state index contributed by atoms with van der Waals surface area (Å²) < 4.78 is 0.934. The Morgan fingerprint density at radius 1 is 1.47 bits per heavy atom. The number of halogens is 1. The van der Waals surface area contributed by atoms with Crippen molar-refractivity contribution in [2.75, 3.05) is 0 Å². The van der Waals surface area contributed by atoms with Crippen LogP contribution in [0.5, 0.6) is 0 Å². The lowest BCUT2D eigenvalue weighted by Gasteiger charge is -2.07. The Balaban J connectivity index is 2.22. The molecule has 2 rings (SSSR count). The van der Waals surface area contributed by atoms with Gasteiger partial charge in [-0.05, 0) is 59.2 Å². The van der Waals surface area contributed by atoms with E-state index in [1.165, 1.54) is 11.8 Å². The normalized spacial score (nSPS) is 12.7. The van der Waals surface area contributed by atoms with Crippen LogP contribution in [-0.2, 0) is 0 Å². The van der Waals surface area contributed by atoms with E-state index in [1.54, 1.807) is 6.92 Å². The van der Waals surface area contributed by atoms with Crippen LogP contribution < -0.4 is 0 Å². The zero-order valence-electron chi connectivity index (χ0n) is 9.44. The summed E-state index contributed by atoms with van der Waals surface area (Å²) in [6, 6.07) is 5.76. The molecular weight excluding hydrogens is 302 g/mol. The van der Waals surface area contributed by atoms with Gasteiger partial charge in [-0.2, -0.15) is 0 Å². The van der Waals surface area contributed by atoms with Gasteiger partial charge in [-0.25, -0.2) is 4.98 Å². The molecule has 6 heteroatoms. The van der Waals surface area contributed by atoms with E-state index < -0.39 is 6.10 Å². The van der Waals surface area contributed by atoms with Gasteiger partial charge in [-0.15, -0.1) is 5.10 Å². The van der Waals surface area contributed by atoms with Crippen molar-refractivity contribution in [1.82, 2.24) is 15.2 Å². The Kier molecular flexibility index (Phi) is 3.86. The predicted molar refractivity (Wildman–Crippen MR) is 70.0 cm³/mol. The van der Waals surface area contributed by atoms with Crippen molar-refractivity contribution in [1.29, 1.82) is 0 Å². The number of hydrogen-bond donors (Lipinski definition) is 2. The number of nitrogens with zero attached hydrogens (tertiary/aromatic N) is 2. The summed E-state index contributed by atoms with van der Waals surface area (Å²) >= 11 is 4.96. The average Bonchev–Trinajstić information content (AvgIpc) is 2.67. The summed E-state index contributed by atoms with van der Waals surface area (Å²) in [4.78, 5) is 5.25. The molecule has 0 bridgehead atoms. The van der Waals surface area contributed by atoms with E-state index in [9.17, 15) is 5.11 Å². The first-order valence-corrected chi connectivity index (χ1v) is 6.71. The summed E-state index contributed by atoms with van der Waals surface area (Å²) in [5.74, 6) is 0.796. The van der Waals surface area contributed by atoms with Crippen molar-refractivity contribution in [3.05, 3.63) is 34.1 Å². The number of benzene rings is 1. The van der Waals surface area contributed by atoms with Gasteiger partial charge < -0.3 is 5.11 Å². The summed E-state index contributed by atoms with van der Waals surface area (Å²) in [7, 11) is 0. The third kappa shape index (κ3) is 3.08. The van der Waals surface area contributed by atoms with Crippen LogP contribution in [0.1, 0.15) is 24.4 Å². The van der Waals surface area contributed by atoms with Crippen molar-refractivity contribution in [3.8, 4) is 0 Å². The Hall–Kier alpha value is -0.850. The lowest BCUT2D eigenvalue weighted by molar-refractivity contribution is 0.199. The summed E-state index contributed by atoms with van der Waals surface area (Å²) in [5, 5.41) is 17.0. The molecule has 0 fully saturated rings. The first-order valence-electron chi connectivity index (χ1n) is 5.10. The SMILES string of the molecule is Cc1nc(Sc2ccc(C(C)O)cc2Br)n[nH]1. The molecule has 0 spiro atoms. The van der Waals surface area contributed by atoms with Gasteiger partial charge in [-0.3, -0.25) is 5.10 Å². The molecule has 0 amide bonds. The van der Waals surface area contributed by atoms with E-state index >= 15 is 0 Å². The molecule has 0 aliphatic heterocycles. The highest BCUT2D eigenvalue weighted by Crippen LogP contribution is 2.33. The number of hydrogen-bond acceptors (Lipinski definition) is 4. The highest BCUT2D eigenvalue weighted by atomic mass is 79.9. The minimum atomic E-state index is -0.462. The highest BCUT2D eigenvalue weighted by molar-refractivity contribution is 9.10. The van der Waals surface area contributed by atoms with E-state index in [2.05, 4.69) is 31.1 Å². The lowest BCUT2D eigenvalue weighted by Crippen LogP contribution is -1.91. The number of aliphatic hydroxyl groups excluding tert-OH is 1. The zero-order chi connectivity index (χ0) is 12.4. The molecule has 90 valence electrons. The van der Waals surface area contributed by atoms with Crippen LogP contribution in [0.15, 0.2) is 32.7 Å². The van der Waals surface area contributed by atoms with Crippen LogP contribution in [0.2, 0.25) is 0 Å². The Labute approximate surface area is 112 Å². The van der Waals surface area contributed by atoms with Crippen molar-refractivity contribution >= 4 is 27.7 Å². The van der Waals surface area contributed by atoms with Crippen LogP contribution in [-0.4, -0.2) is 20.3 Å². The molecule has 1 atom stereocenters. The molecule has 0 aliphatic carbocycles. The second-order valence-corrected chi connectivity index (χ2v) is 5.53. The molecule has 2 N–H and O–H groups in total. The van der Waals surface area contributed by atoms with Gasteiger partial charge in [0.2, 0.25) is 5.16 Å². The number of aromatic nitrogens is 3. The molecule has 2 aromatic rings. The fourth-order valence-electron chi connectivity index (χ4n) is 1.33. The highest BCUT2D eigenvalue weighted by Gasteiger charge is 2.09. The van der Waals surface area contributed by atoms with Crippen molar-refractivity contribution in [2.45, 2.75) is 30.0 Å². The maximum absolute atomic E-state index is 9.47. The average molecular weight is 314 g/mol. The number of H-pyrrole nitrogens is 1. The fourth-order valence-corrected chi connectivity index (χ4v) is 2.73. The third-order valence-electron chi connectivity index (χ3n) is 2.22. The minimum Gasteiger partial charge on any atom is -0.389 e. The van der Waals surface area contributed by atoms with E-state index in [-0.39, 0.29) is 0 Å². The van der Waals surface area contributed by atoms with Crippen molar-refractivity contribution < 1.29 is 5.11 Å². The molecule has 0 saturated heterocycles. The van der Waals surface area contributed by atoms with Gasteiger partial charge in [0.25, 0.3) is 0 Å². The smallest absolute Gasteiger partial charge is 0.213 e. The molecule has 4 nitrogen and oxygen atoms in total. The van der Waals surface area contributed by atoms with E-state index in [4.69, 9.17) is 0 Å². The third-order valence-corrected chi connectivity index (χ3v) is 4.08. The molecule has 0 radical (unpaired) electrons. The molecular formula is C11H12BrN3OS. The van der Waals surface area contributed by atoms with Crippen molar-refractivity contribution in [3.63, 3.8) is 0 Å². The number of aromatic amines is 1. The van der Waals surface area contributed by atoms with Crippen LogP contribution in [0.4, 0.5) is 0 Å². The Bertz CT molecular complexity index is 527. The van der Waals surface area contributed by atoms with Gasteiger partial charge in [0.15, 0.2) is 0 Å². The van der Waals surface area contributed by atoms with Crippen LogP contribution in [0.25, 0.3) is 0 Å². The van der Waals surface area contributed by atoms with Crippen LogP contribution in [0.3, 0.4) is 0 Å². The Morgan fingerprint density at radius 3 is 2.76 bits per heavy atom. The predicted octanol–water partition coefficient (Wildman–Crippen LogP) is 3.08. The van der Waals surface area contributed by atoms with Gasteiger partial charge >= 0.3 is 0 Å².